The lowest BCUT2D eigenvalue weighted by Crippen LogP contribution is -2.20. The molecule has 0 aromatic heterocycles. The molecule has 0 bridgehead atoms. The molecule has 2 heteroatoms. The van der Waals surface area contributed by atoms with Crippen LogP contribution in [0.4, 0.5) is 0 Å². The first kappa shape index (κ1) is 11.5. The highest BCUT2D eigenvalue weighted by molar-refractivity contribution is 5.51. The number of fused-ring (bicyclic) bond motifs is 1. The summed E-state index contributed by atoms with van der Waals surface area (Å²) in [4.78, 5) is 0. The summed E-state index contributed by atoms with van der Waals surface area (Å²) in [5, 5.41) is 20.1. The van der Waals surface area contributed by atoms with Crippen LogP contribution in [0.1, 0.15) is 48.9 Å². The molecule has 0 spiro atoms. The second kappa shape index (κ2) is 3.77. The number of rotatable bonds is 1. The summed E-state index contributed by atoms with van der Waals surface area (Å²) in [7, 11) is 0. The minimum atomic E-state index is -0.972. The molecular weight excluding hydrogens is 200 g/mol. The third-order valence-electron chi connectivity index (χ3n) is 3.52. The van der Waals surface area contributed by atoms with Crippen LogP contribution in [0.3, 0.4) is 0 Å². The molecule has 0 saturated heterocycles. The molecule has 1 aliphatic carbocycles. The molecule has 0 amide bonds. The van der Waals surface area contributed by atoms with Gasteiger partial charge in [-0.3, -0.25) is 0 Å². The molecule has 0 heterocycles. The van der Waals surface area contributed by atoms with E-state index in [1.54, 1.807) is 13.8 Å². The Kier molecular flexibility index (Phi) is 2.70. The van der Waals surface area contributed by atoms with E-state index >= 15 is 0 Å². The predicted octanol–water partition coefficient (Wildman–Crippen LogP) is 2.81. The third kappa shape index (κ3) is 1.82. The first-order chi connectivity index (χ1) is 7.41. The van der Waals surface area contributed by atoms with Crippen molar-refractivity contribution in [2.24, 2.45) is 0 Å². The molecule has 0 unspecified atom stereocenters. The van der Waals surface area contributed by atoms with Gasteiger partial charge in [0.2, 0.25) is 0 Å². The first-order valence-electron chi connectivity index (χ1n) is 5.98. The van der Waals surface area contributed by atoms with Crippen LogP contribution < -0.4 is 0 Å². The van der Waals surface area contributed by atoms with E-state index in [0.29, 0.717) is 5.56 Å². The van der Waals surface area contributed by atoms with Crippen LogP contribution in [-0.4, -0.2) is 10.2 Å². The Balaban J connectivity index is 2.63. The molecule has 2 rings (SSSR count). The van der Waals surface area contributed by atoms with Crippen molar-refractivity contribution >= 4 is 0 Å². The zero-order valence-corrected chi connectivity index (χ0v) is 10.3. The molecule has 16 heavy (non-hydrogen) atoms. The molecule has 0 radical (unpaired) electrons. The second-order valence-electron chi connectivity index (χ2n) is 5.30. The fourth-order valence-corrected chi connectivity index (χ4v) is 2.87. The Labute approximate surface area is 96.9 Å². The smallest absolute Gasteiger partial charge is 0.122 e. The van der Waals surface area contributed by atoms with Gasteiger partial charge in [0.05, 0.1) is 5.60 Å². The molecule has 0 atom stereocenters. The highest BCUT2D eigenvalue weighted by atomic mass is 16.3. The quantitative estimate of drug-likeness (QED) is 0.764. The normalized spacial score (nSPS) is 16.0. The Hall–Kier alpha value is -1.02. The van der Waals surface area contributed by atoms with Crippen molar-refractivity contribution in [1.82, 2.24) is 0 Å². The summed E-state index contributed by atoms with van der Waals surface area (Å²) >= 11 is 0. The molecule has 0 saturated carbocycles. The lowest BCUT2D eigenvalue weighted by Gasteiger charge is -2.27. The van der Waals surface area contributed by atoms with Gasteiger partial charge in [-0.15, -0.1) is 0 Å². The molecule has 2 nitrogen and oxygen atoms in total. The Morgan fingerprint density at radius 2 is 1.81 bits per heavy atom. The maximum Gasteiger partial charge on any atom is 0.122 e. The topological polar surface area (TPSA) is 40.5 Å². The number of benzene rings is 1. The SMILES string of the molecule is Cc1c2c(cc(O)c1C(C)(C)O)CCCC2. The fourth-order valence-electron chi connectivity index (χ4n) is 2.87. The molecule has 0 fully saturated rings. The van der Waals surface area contributed by atoms with E-state index in [0.717, 1.165) is 18.4 Å². The van der Waals surface area contributed by atoms with Crippen molar-refractivity contribution in [3.8, 4) is 5.75 Å². The maximum atomic E-state index is 10.1. The van der Waals surface area contributed by atoms with E-state index in [1.165, 1.54) is 24.0 Å². The van der Waals surface area contributed by atoms with E-state index in [2.05, 4.69) is 0 Å². The van der Waals surface area contributed by atoms with Gasteiger partial charge in [-0.2, -0.15) is 0 Å². The number of hydrogen-bond acceptors (Lipinski definition) is 2. The van der Waals surface area contributed by atoms with Crippen LogP contribution >= 0.6 is 0 Å². The molecule has 88 valence electrons. The minimum Gasteiger partial charge on any atom is -0.508 e. The summed E-state index contributed by atoms with van der Waals surface area (Å²) < 4.78 is 0. The molecule has 2 N–H and O–H groups in total. The zero-order chi connectivity index (χ0) is 11.9. The lowest BCUT2D eigenvalue weighted by atomic mass is 9.82. The van der Waals surface area contributed by atoms with Crippen LogP contribution in [0, 0.1) is 6.92 Å². The highest BCUT2D eigenvalue weighted by Crippen LogP contribution is 2.38. The van der Waals surface area contributed by atoms with Gasteiger partial charge in [0.15, 0.2) is 0 Å². The number of phenolic OH excluding ortho intramolecular Hbond substituents is 1. The van der Waals surface area contributed by atoms with Crippen LogP contribution in [0.25, 0.3) is 0 Å². The Bertz CT molecular complexity index is 414. The van der Waals surface area contributed by atoms with Gasteiger partial charge >= 0.3 is 0 Å². The maximum absolute atomic E-state index is 10.1. The predicted molar refractivity (Wildman–Crippen MR) is 64.7 cm³/mol. The minimum absolute atomic E-state index is 0.241. The van der Waals surface area contributed by atoms with Gasteiger partial charge < -0.3 is 10.2 Å². The summed E-state index contributed by atoms with van der Waals surface area (Å²) in [5.41, 5.74) is 3.38. The highest BCUT2D eigenvalue weighted by Gasteiger charge is 2.26. The van der Waals surface area contributed by atoms with Crippen molar-refractivity contribution in [2.45, 2.75) is 52.1 Å². The number of aromatic hydroxyl groups is 1. The van der Waals surface area contributed by atoms with E-state index in [9.17, 15) is 10.2 Å². The van der Waals surface area contributed by atoms with Gasteiger partial charge in [0.25, 0.3) is 0 Å². The standard InChI is InChI=1S/C14H20O2/c1-9-11-7-5-4-6-10(11)8-12(15)13(9)14(2,3)16/h8,15-16H,4-7H2,1-3H3. The fraction of sp³-hybridized carbons (Fsp3) is 0.571. The van der Waals surface area contributed by atoms with Gasteiger partial charge in [0, 0.05) is 5.56 Å². The molecule has 1 aliphatic rings. The van der Waals surface area contributed by atoms with Gasteiger partial charge in [-0.25, -0.2) is 0 Å². The Morgan fingerprint density at radius 1 is 1.19 bits per heavy atom. The average molecular weight is 220 g/mol. The largest absolute Gasteiger partial charge is 0.508 e. The summed E-state index contributed by atoms with van der Waals surface area (Å²) in [6.07, 6.45) is 4.54. The number of aliphatic hydroxyl groups is 1. The average Bonchev–Trinajstić information content (AvgIpc) is 2.15. The van der Waals surface area contributed by atoms with E-state index in [4.69, 9.17) is 0 Å². The van der Waals surface area contributed by atoms with Crippen LogP contribution in [0.15, 0.2) is 6.07 Å². The molecule has 1 aromatic carbocycles. The van der Waals surface area contributed by atoms with Crippen molar-refractivity contribution in [3.05, 3.63) is 28.3 Å². The van der Waals surface area contributed by atoms with Gasteiger partial charge in [0.1, 0.15) is 5.75 Å². The Morgan fingerprint density at radius 3 is 2.44 bits per heavy atom. The van der Waals surface area contributed by atoms with Crippen LogP contribution in [0.2, 0.25) is 0 Å². The zero-order valence-electron chi connectivity index (χ0n) is 10.3. The monoisotopic (exact) mass is 220 g/mol. The molecular formula is C14H20O2. The lowest BCUT2D eigenvalue weighted by molar-refractivity contribution is 0.0750. The molecule has 1 aromatic rings. The van der Waals surface area contributed by atoms with Crippen molar-refractivity contribution in [3.63, 3.8) is 0 Å². The summed E-state index contributed by atoms with van der Waals surface area (Å²) in [6, 6.07) is 1.84. The summed E-state index contributed by atoms with van der Waals surface area (Å²) in [5.74, 6) is 0.241. The second-order valence-corrected chi connectivity index (χ2v) is 5.30. The van der Waals surface area contributed by atoms with Crippen molar-refractivity contribution in [2.75, 3.05) is 0 Å². The number of aryl methyl sites for hydroxylation is 1. The van der Waals surface area contributed by atoms with E-state index in [-0.39, 0.29) is 5.75 Å². The number of hydrogen-bond donors (Lipinski definition) is 2. The van der Waals surface area contributed by atoms with Crippen LogP contribution in [0.5, 0.6) is 5.75 Å². The summed E-state index contributed by atoms with van der Waals surface area (Å²) in [6.45, 7) is 5.46. The van der Waals surface area contributed by atoms with Gasteiger partial charge in [-0.1, -0.05) is 0 Å². The van der Waals surface area contributed by atoms with Crippen LogP contribution in [-0.2, 0) is 18.4 Å². The van der Waals surface area contributed by atoms with E-state index in [1.807, 2.05) is 13.0 Å². The first-order valence-corrected chi connectivity index (χ1v) is 5.98. The van der Waals surface area contributed by atoms with Crippen molar-refractivity contribution < 1.29 is 10.2 Å². The molecule has 0 aliphatic heterocycles. The van der Waals surface area contributed by atoms with Crippen molar-refractivity contribution in [1.29, 1.82) is 0 Å². The number of phenols is 1. The van der Waals surface area contributed by atoms with Gasteiger partial charge in [-0.05, 0) is 69.2 Å². The third-order valence-corrected chi connectivity index (χ3v) is 3.52. The van der Waals surface area contributed by atoms with E-state index < -0.39 is 5.60 Å².